The monoisotopic (exact) mass is 297 g/mol. The van der Waals surface area contributed by atoms with Gasteiger partial charge in [-0.05, 0) is 26.8 Å². The fourth-order valence-corrected chi connectivity index (χ4v) is 1.68. The molecule has 2 rings (SSSR count). The Morgan fingerprint density at radius 2 is 2.29 bits per heavy atom. The molecule has 21 heavy (non-hydrogen) atoms. The molecule has 8 nitrogen and oxygen atoms in total. The summed E-state index contributed by atoms with van der Waals surface area (Å²) in [6, 6.07) is 1.50. The van der Waals surface area contributed by atoms with E-state index in [1.807, 2.05) is 0 Å². The second kappa shape index (κ2) is 5.82. The number of carbonyl (C=O) groups excluding carboxylic acids is 1. The molecule has 1 aliphatic heterocycles. The van der Waals surface area contributed by atoms with Crippen molar-refractivity contribution in [3.8, 4) is 0 Å². The highest BCUT2D eigenvalue weighted by Gasteiger charge is 2.31. The SMILES string of the molecule is CC(C)(C)C(=O)OC[C@H]1OC[C@@H](n2ccc(N)nc2=O)O1. The second-order valence-corrected chi connectivity index (χ2v) is 5.74. The van der Waals surface area contributed by atoms with E-state index in [4.69, 9.17) is 19.9 Å². The molecule has 1 aliphatic rings. The first-order chi connectivity index (χ1) is 9.77. The lowest BCUT2D eigenvalue weighted by Crippen LogP contribution is -2.30. The molecule has 2 N–H and O–H groups in total. The van der Waals surface area contributed by atoms with Crippen molar-refractivity contribution in [1.29, 1.82) is 0 Å². The van der Waals surface area contributed by atoms with Crippen LogP contribution in [-0.4, -0.2) is 35.0 Å². The molecule has 1 saturated heterocycles. The van der Waals surface area contributed by atoms with Gasteiger partial charge in [0.05, 0.1) is 12.0 Å². The summed E-state index contributed by atoms with van der Waals surface area (Å²) in [6.07, 6.45) is 0.178. The third-order valence-corrected chi connectivity index (χ3v) is 2.86. The molecule has 0 spiro atoms. The summed E-state index contributed by atoms with van der Waals surface area (Å²) in [5, 5.41) is 0. The zero-order valence-electron chi connectivity index (χ0n) is 12.2. The zero-order chi connectivity index (χ0) is 15.6. The normalized spacial score (nSPS) is 22.2. The molecule has 0 bridgehead atoms. The van der Waals surface area contributed by atoms with Gasteiger partial charge in [0.1, 0.15) is 12.4 Å². The molecule has 8 heteroatoms. The maximum absolute atomic E-state index is 11.7. The summed E-state index contributed by atoms with van der Waals surface area (Å²) < 4.78 is 17.3. The molecule has 0 aliphatic carbocycles. The van der Waals surface area contributed by atoms with Crippen LogP contribution in [0, 0.1) is 5.41 Å². The van der Waals surface area contributed by atoms with Crippen LogP contribution >= 0.6 is 0 Å². The van der Waals surface area contributed by atoms with E-state index in [1.165, 1.54) is 16.8 Å². The molecular weight excluding hydrogens is 278 g/mol. The largest absolute Gasteiger partial charge is 0.460 e. The number of aromatic nitrogens is 2. The van der Waals surface area contributed by atoms with E-state index in [0.717, 1.165) is 0 Å². The third kappa shape index (κ3) is 3.79. The zero-order valence-corrected chi connectivity index (χ0v) is 12.2. The summed E-state index contributed by atoms with van der Waals surface area (Å²) in [6.45, 7) is 5.42. The lowest BCUT2D eigenvalue weighted by molar-refractivity contribution is -0.167. The van der Waals surface area contributed by atoms with E-state index in [0.29, 0.717) is 0 Å². The van der Waals surface area contributed by atoms with Gasteiger partial charge in [-0.25, -0.2) is 4.79 Å². The van der Waals surface area contributed by atoms with Crippen LogP contribution in [0.15, 0.2) is 17.1 Å². The van der Waals surface area contributed by atoms with E-state index < -0.39 is 23.6 Å². The minimum atomic E-state index is -0.703. The highest BCUT2D eigenvalue weighted by atomic mass is 16.7. The first kappa shape index (κ1) is 15.5. The molecule has 0 unspecified atom stereocenters. The number of rotatable bonds is 3. The fourth-order valence-electron chi connectivity index (χ4n) is 1.68. The maximum atomic E-state index is 11.7. The number of hydrogen-bond donors (Lipinski definition) is 1. The van der Waals surface area contributed by atoms with Crippen LogP contribution in [-0.2, 0) is 19.0 Å². The molecule has 0 amide bonds. The van der Waals surface area contributed by atoms with Crippen molar-refractivity contribution in [2.45, 2.75) is 33.3 Å². The number of hydrogen-bond acceptors (Lipinski definition) is 7. The molecule has 1 fully saturated rings. The average Bonchev–Trinajstić information content (AvgIpc) is 2.83. The Bertz CT molecular complexity index is 578. The molecule has 2 heterocycles. The van der Waals surface area contributed by atoms with Gasteiger partial charge in [0.2, 0.25) is 0 Å². The van der Waals surface area contributed by atoms with E-state index in [-0.39, 0.29) is 25.0 Å². The van der Waals surface area contributed by atoms with Crippen molar-refractivity contribution in [3.63, 3.8) is 0 Å². The van der Waals surface area contributed by atoms with Crippen LogP contribution in [0.5, 0.6) is 0 Å². The Morgan fingerprint density at radius 3 is 2.90 bits per heavy atom. The summed E-state index contributed by atoms with van der Waals surface area (Å²) in [5.41, 5.74) is 4.32. The van der Waals surface area contributed by atoms with Crippen molar-refractivity contribution in [3.05, 3.63) is 22.7 Å². The van der Waals surface area contributed by atoms with Crippen LogP contribution in [0.4, 0.5) is 5.82 Å². The van der Waals surface area contributed by atoms with Crippen molar-refractivity contribution < 1.29 is 19.0 Å². The van der Waals surface area contributed by atoms with Gasteiger partial charge in [0.15, 0.2) is 12.5 Å². The first-order valence-electron chi connectivity index (χ1n) is 6.56. The Morgan fingerprint density at radius 1 is 1.57 bits per heavy atom. The molecular formula is C13H19N3O5. The molecule has 116 valence electrons. The number of esters is 1. The molecule has 0 aromatic carbocycles. The van der Waals surface area contributed by atoms with E-state index in [2.05, 4.69) is 4.98 Å². The molecule has 2 atom stereocenters. The molecule has 1 aromatic heterocycles. The van der Waals surface area contributed by atoms with Crippen LogP contribution < -0.4 is 11.4 Å². The van der Waals surface area contributed by atoms with Gasteiger partial charge in [0.25, 0.3) is 0 Å². The average molecular weight is 297 g/mol. The van der Waals surface area contributed by atoms with Gasteiger partial charge in [-0.15, -0.1) is 0 Å². The standard InChI is InChI=1S/C13H19N3O5/c1-13(2,3)11(17)20-7-10-19-6-9(21-10)16-5-4-8(14)15-12(16)18/h4-5,9-10H,6-7H2,1-3H3,(H2,14,15,18)/t9-,10-/m0/s1. The number of carbonyl (C=O) groups is 1. The number of nitrogens with zero attached hydrogens (tertiary/aromatic N) is 2. The van der Waals surface area contributed by atoms with Gasteiger partial charge >= 0.3 is 11.7 Å². The fraction of sp³-hybridized carbons (Fsp3) is 0.615. The van der Waals surface area contributed by atoms with E-state index in [1.54, 1.807) is 20.8 Å². The smallest absolute Gasteiger partial charge is 0.351 e. The van der Waals surface area contributed by atoms with Crippen molar-refractivity contribution in [2.75, 3.05) is 18.9 Å². The summed E-state index contributed by atoms with van der Waals surface area (Å²) >= 11 is 0. The minimum absolute atomic E-state index is 0.0241. The number of nitrogen functional groups attached to an aromatic ring is 1. The van der Waals surface area contributed by atoms with Gasteiger partial charge in [-0.3, -0.25) is 9.36 Å². The molecule has 0 saturated carbocycles. The predicted octanol–water partition coefficient (Wildman–Crippen LogP) is 0.286. The Labute approximate surface area is 121 Å². The van der Waals surface area contributed by atoms with Crippen molar-refractivity contribution in [2.24, 2.45) is 5.41 Å². The van der Waals surface area contributed by atoms with Gasteiger partial charge < -0.3 is 19.9 Å². The Hall–Kier alpha value is -1.93. The topological polar surface area (TPSA) is 106 Å². The maximum Gasteiger partial charge on any atom is 0.351 e. The highest BCUT2D eigenvalue weighted by Crippen LogP contribution is 2.21. The predicted molar refractivity (Wildman–Crippen MR) is 73.2 cm³/mol. The van der Waals surface area contributed by atoms with Gasteiger partial charge in [-0.1, -0.05) is 0 Å². The summed E-state index contributed by atoms with van der Waals surface area (Å²) in [7, 11) is 0. The molecule has 0 radical (unpaired) electrons. The van der Waals surface area contributed by atoms with Gasteiger partial charge in [-0.2, -0.15) is 4.98 Å². The lowest BCUT2D eigenvalue weighted by atomic mass is 9.97. The lowest BCUT2D eigenvalue weighted by Gasteiger charge is -2.18. The summed E-state index contributed by atoms with van der Waals surface area (Å²) in [4.78, 5) is 26.9. The minimum Gasteiger partial charge on any atom is -0.460 e. The quantitative estimate of drug-likeness (QED) is 0.799. The van der Waals surface area contributed by atoms with Crippen LogP contribution in [0.25, 0.3) is 0 Å². The van der Waals surface area contributed by atoms with Crippen LogP contribution in [0.1, 0.15) is 27.0 Å². The Kier molecular flexibility index (Phi) is 4.29. The highest BCUT2D eigenvalue weighted by molar-refractivity contribution is 5.75. The van der Waals surface area contributed by atoms with Crippen LogP contribution in [0.2, 0.25) is 0 Å². The van der Waals surface area contributed by atoms with Crippen molar-refractivity contribution >= 4 is 11.8 Å². The van der Waals surface area contributed by atoms with Crippen LogP contribution in [0.3, 0.4) is 0 Å². The Balaban J connectivity index is 1.92. The van der Waals surface area contributed by atoms with E-state index in [9.17, 15) is 9.59 Å². The number of ether oxygens (including phenoxy) is 3. The van der Waals surface area contributed by atoms with Gasteiger partial charge in [0, 0.05) is 6.20 Å². The number of nitrogens with two attached hydrogens (primary N) is 1. The first-order valence-corrected chi connectivity index (χ1v) is 6.56. The number of anilines is 1. The van der Waals surface area contributed by atoms with E-state index >= 15 is 0 Å². The van der Waals surface area contributed by atoms with Crippen molar-refractivity contribution in [1.82, 2.24) is 9.55 Å². The third-order valence-electron chi connectivity index (χ3n) is 2.86. The molecule has 1 aromatic rings. The second-order valence-electron chi connectivity index (χ2n) is 5.74. The summed E-state index contributed by atoms with van der Waals surface area (Å²) in [5.74, 6) is -0.199.